The van der Waals surface area contributed by atoms with E-state index in [0.29, 0.717) is 12.8 Å². The van der Waals surface area contributed by atoms with Gasteiger partial charge in [0, 0.05) is 0 Å². The van der Waals surface area contributed by atoms with Crippen LogP contribution in [-0.2, 0) is 9.59 Å². The summed E-state index contributed by atoms with van der Waals surface area (Å²) in [5.74, 6) is -0.709. The molecule has 0 rings (SSSR count). The number of likely N-dealkylation sites (N-methyl/N-ethyl adjacent to an activating group) is 2. The van der Waals surface area contributed by atoms with Gasteiger partial charge in [-0.15, -0.1) is 0 Å². The van der Waals surface area contributed by atoms with Crippen LogP contribution in [0.15, 0.2) is 0 Å². The molecule has 0 aromatic rings. The van der Waals surface area contributed by atoms with Crippen LogP contribution in [0, 0.1) is 0 Å². The number of hydrogen-bond donors (Lipinski definition) is 4. The second-order valence-corrected chi connectivity index (χ2v) is 4.44. The smallest absolute Gasteiger partial charge is 0.237 e. The zero-order valence-corrected chi connectivity index (χ0v) is 10.9. The highest BCUT2D eigenvalue weighted by molar-refractivity contribution is 5.84. The molecule has 0 bridgehead atoms. The summed E-state index contributed by atoms with van der Waals surface area (Å²) in [6.07, 6.45) is 2.95. The Bertz CT molecular complexity index is 270. The molecule has 0 saturated carbocycles. The summed E-state index contributed by atoms with van der Waals surface area (Å²) in [4.78, 5) is 22.2. The fourth-order valence-corrected chi connectivity index (χ4v) is 1.63. The first-order valence-electron chi connectivity index (χ1n) is 5.82. The number of primary amides is 2. The first-order chi connectivity index (χ1) is 7.87. The molecule has 2 amide bonds. The molecule has 0 radical (unpaired) electrons. The number of unbranched alkanes of at least 4 members (excludes halogenated alkanes) is 1. The molecule has 0 heterocycles. The molecule has 2 atom stereocenters. The fraction of sp³-hybridized carbons (Fsp3) is 0.818. The topological polar surface area (TPSA) is 110 Å². The van der Waals surface area contributed by atoms with Crippen molar-refractivity contribution in [2.45, 2.75) is 44.2 Å². The largest absolute Gasteiger partial charge is 0.368 e. The van der Waals surface area contributed by atoms with Crippen LogP contribution in [0.25, 0.3) is 0 Å². The van der Waals surface area contributed by atoms with Gasteiger partial charge in [-0.2, -0.15) is 0 Å². The van der Waals surface area contributed by atoms with E-state index in [2.05, 4.69) is 10.6 Å². The summed E-state index contributed by atoms with van der Waals surface area (Å²) in [6, 6.07) is -0.301. The Kier molecular flexibility index (Phi) is 6.75. The van der Waals surface area contributed by atoms with E-state index in [-0.39, 0.29) is 17.9 Å². The normalized spacial score (nSPS) is 16.2. The summed E-state index contributed by atoms with van der Waals surface area (Å²) in [6.45, 7) is 1.78. The van der Waals surface area contributed by atoms with Gasteiger partial charge in [0.2, 0.25) is 11.8 Å². The van der Waals surface area contributed by atoms with Gasteiger partial charge in [-0.25, -0.2) is 0 Å². The van der Waals surface area contributed by atoms with Crippen LogP contribution in [-0.4, -0.2) is 37.5 Å². The van der Waals surface area contributed by atoms with Crippen molar-refractivity contribution in [1.29, 1.82) is 0 Å². The Morgan fingerprint density at radius 1 is 1.24 bits per heavy atom. The van der Waals surface area contributed by atoms with Crippen molar-refractivity contribution in [2.75, 3.05) is 14.1 Å². The molecular formula is C11H24N4O2. The third-order valence-electron chi connectivity index (χ3n) is 3.21. The average molecular weight is 244 g/mol. The van der Waals surface area contributed by atoms with Crippen LogP contribution < -0.4 is 22.1 Å². The third-order valence-corrected chi connectivity index (χ3v) is 3.21. The van der Waals surface area contributed by atoms with Gasteiger partial charge in [-0.1, -0.05) is 12.8 Å². The number of hydrogen-bond acceptors (Lipinski definition) is 4. The van der Waals surface area contributed by atoms with E-state index in [1.54, 1.807) is 21.0 Å². The van der Waals surface area contributed by atoms with Crippen molar-refractivity contribution in [3.63, 3.8) is 0 Å². The molecule has 0 aliphatic rings. The Morgan fingerprint density at radius 3 is 2.18 bits per heavy atom. The van der Waals surface area contributed by atoms with Crippen molar-refractivity contribution in [3.8, 4) is 0 Å². The Hall–Kier alpha value is -1.14. The number of carbonyl (C=O) groups is 2. The lowest BCUT2D eigenvalue weighted by atomic mass is 9.93. The number of rotatable bonds is 9. The SMILES string of the molecule is CNC(CCCCC(C)(NC)C(N)=O)C(N)=O. The van der Waals surface area contributed by atoms with E-state index >= 15 is 0 Å². The molecule has 6 N–H and O–H groups in total. The van der Waals surface area contributed by atoms with Crippen molar-refractivity contribution in [1.82, 2.24) is 10.6 Å². The minimum atomic E-state index is -0.679. The summed E-state index contributed by atoms with van der Waals surface area (Å²) in [7, 11) is 3.42. The van der Waals surface area contributed by atoms with Gasteiger partial charge in [0.15, 0.2) is 0 Å². The molecule has 6 heteroatoms. The molecule has 0 spiro atoms. The van der Waals surface area contributed by atoms with E-state index < -0.39 is 5.54 Å². The second-order valence-electron chi connectivity index (χ2n) is 4.44. The van der Waals surface area contributed by atoms with Gasteiger partial charge in [0.05, 0.1) is 11.6 Å². The van der Waals surface area contributed by atoms with Crippen LogP contribution >= 0.6 is 0 Å². The lowest BCUT2D eigenvalue weighted by molar-refractivity contribution is -0.124. The summed E-state index contributed by atoms with van der Waals surface area (Å²) in [5, 5.41) is 5.78. The predicted molar refractivity (Wildman–Crippen MR) is 67.2 cm³/mol. The lowest BCUT2D eigenvalue weighted by Crippen LogP contribution is -2.51. The van der Waals surface area contributed by atoms with Gasteiger partial charge in [0.25, 0.3) is 0 Å². The van der Waals surface area contributed by atoms with Gasteiger partial charge < -0.3 is 22.1 Å². The number of nitrogens with two attached hydrogens (primary N) is 2. The molecule has 0 saturated heterocycles. The van der Waals surface area contributed by atoms with E-state index in [0.717, 1.165) is 12.8 Å². The highest BCUT2D eigenvalue weighted by atomic mass is 16.2. The lowest BCUT2D eigenvalue weighted by Gasteiger charge is -2.25. The Labute approximate surface area is 102 Å². The maximum absolute atomic E-state index is 11.2. The summed E-state index contributed by atoms with van der Waals surface area (Å²) < 4.78 is 0. The van der Waals surface area contributed by atoms with E-state index in [4.69, 9.17) is 11.5 Å². The van der Waals surface area contributed by atoms with Gasteiger partial charge in [-0.3, -0.25) is 9.59 Å². The molecule has 17 heavy (non-hydrogen) atoms. The van der Waals surface area contributed by atoms with Crippen molar-refractivity contribution >= 4 is 11.8 Å². The number of carbonyl (C=O) groups excluding carboxylic acids is 2. The summed E-state index contributed by atoms with van der Waals surface area (Å²) >= 11 is 0. The summed E-state index contributed by atoms with van der Waals surface area (Å²) in [5.41, 5.74) is 9.83. The van der Waals surface area contributed by atoms with Crippen molar-refractivity contribution in [2.24, 2.45) is 11.5 Å². The highest BCUT2D eigenvalue weighted by Gasteiger charge is 2.28. The van der Waals surface area contributed by atoms with Gasteiger partial charge in [-0.05, 0) is 33.9 Å². The Balaban J connectivity index is 3.99. The van der Waals surface area contributed by atoms with Crippen LogP contribution in [0.5, 0.6) is 0 Å². The van der Waals surface area contributed by atoms with Crippen LogP contribution in [0.2, 0.25) is 0 Å². The maximum atomic E-state index is 11.2. The highest BCUT2D eigenvalue weighted by Crippen LogP contribution is 2.14. The van der Waals surface area contributed by atoms with Crippen LogP contribution in [0.1, 0.15) is 32.6 Å². The number of amides is 2. The zero-order chi connectivity index (χ0) is 13.5. The van der Waals surface area contributed by atoms with Crippen LogP contribution in [0.4, 0.5) is 0 Å². The van der Waals surface area contributed by atoms with Gasteiger partial charge in [0.1, 0.15) is 0 Å². The quantitative estimate of drug-likeness (QED) is 0.393. The molecule has 100 valence electrons. The fourth-order valence-electron chi connectivity index (χ4n) is 1.63. The second kappa shape index (κ2) is 7.24. The maximum Gasteiger partial charge on any atom is 0.237 e. The van der Waals surface area contributed by atoms with E-state index in [1.165, 1.54) is 0 Å². The predicted octanol–water partition coefficient (Wildman–Crippen LogP) is -0.916. The molecule has 0 aromatic carbocycles. The monoisotopic (exact) mass is 244 g/mol. The molecule has 0 aromatic heterocycles. The zero-order valence-electron chi connectivity index (χ0n) is 10.9. The molecule has 0 aliphatic carbocycles. The molecule has 0 aliphatic heterocycles. The molecular weight excluding hydrogens is 220 g/mol. The first-order valence-corrected chi connectivity index (χ1v) is 5.82. The third kappa shape index (κ3) is 5.14. The van der Waals surface area contributed by atoms with E-state index in [1.807, 2.05) is 0 Å². The minimum Gasteiger partial charge on any atom is -0.368 e. The Morgan fingerprint density at radius 2 is 1.82 bits per heavy atom. The van der Waals surface area contributed by atoms with Crippen LogP contribution in [0.3, 0.4) is 0 Å². The average Bonchev–Trinajstić information content (AvgIpc) is 2.27. The number of nitrogens with one attached hydrogen (secondary N) is 2. The van der Waals surface area contributed by atoms with Crippen molar-refractivity contribution < 1.29 is 9.59 Å². The molecule has 0 fully saturated rings. The minimum absolute atomic E-state index is 0.301. The van der Waals surface area contributed by atoms with E-state index in [9.17, 15) is 9.59 Å². The molecule has 2 unspecified atom stereocenters. The standard InChI is InChI=1S/C11H24N4O2/c1-11(15-3,10(13)17)7-5-4-6-8(14-2)9(12)16/h8,14-15H,4-7H2,1-3H3,(H2,12,16)(H2,13,17). The van der Waals surface area contributed by atoms with Crippen molar-refractivity contribution in [3.05, 3.63) is 0 Å². The van der Waals surface area contributed by atoms with Gasteiger partial charge >= 0.3 is 0 Å². The first kappa shape index (κ1) is 15.9. The molecule has 6 nitrogen and oxygen atoms in total.